The molecule has 0 fully saturated rings. The van der Waals surface area contributed by atoms with Gasteiger partial charge in [-0.1, -0.05) is 35.9 Å². The Morgan fingerprint density at radius 3 is 1.90 bits per heavy atom. The molecule has 0 radical (unpaired) electrons. The van der Waals surface area contributed by atoms with Gasteiger partial charge in [-0.25, -0.2) is 8.42 Å². The molecule has 104 valence electrons. The van der Waals surface area contributed by atoms with Crippen LogP contribution in [0.1, 0.15) is 27.0 Å². The van der Waals surface area contributed by atoms with Crippen molar-refractivity contribution in [2.24, 2.45) is 0 Å². The van der Waals surface area contributed by atoms with Crippen LogP contribution >= 0.6 is 0 Å². The van der Waals surface area contributed by atoms with Crippen LogP contribution in [0.2, 0.25) is 0 Å². The van der Waals surface area contributed by atoms with Crippen LogP contribution in [0.3, 0.4) is 0 Å². The number of aryl methyl sites for hydroxylation is 3. The Bertz CT molecular complexity index is 737. The average Bonchev–Trinajstić information content (AvgIpc) is 2.38. The smallest absolute Gasteiger partial charge is 0.276 e. The lowest BCUT2D eigenvalue weighted by Crippen LogP contribution is -2.17. The van der Waals surface area contributed by atoms with Crippen LogP contribution in [0.15, 0.2) is 47.4 Å². The van der Waals surface area contributed by atoms with Gasteiger partial charge in [0.05, 0.1) is 4.90 Å². The summed E-state index contributed by atoms with van der Waals surface area (Å²) >= 11 is 0. The van der Waals surface area contributed by atoms with E-state index in [-0.39, 0.29) is 10.5 Å². The van der Waals surface area contributed by atoms with Crippen molar-refractivity contribution in [3.63, 3.8) is 0 Å². The van der Waals surface area contributed by atoms with Crippen molar-refractivity contribution in [1.29, 1.82) is 0 Å². The molecule has 3 nitrogen and oxygen atoms in total. The normalized spacial score (nSPS) is 11.3. The minimum absolute atomic E-state index is 0.0318. The second-order valence-electron chi connectivity index (χ2n) is 4.88. The number of carbonyl (C=O) groups excluding carboxylic acids is 1. The standard InChI is InChI=1S/C16H16O3S/c1-11-9-12(2)15(13(3)10-11)16(17)20(18,19)14-7-5-4-6-8-14/h4-10H,1-3H3. The average molecular weight is 288 g/mol. The molecule has 20 heavy (non-hydrogen) atoms. The van der Waals surface area contributed by atoms with E-state index in [1.807, 2.05) is 19.1 Å². The number of carbonyl (C=O) groups is 1. The third-order valence-electron chi connectivity index (χ3n) is 3.18. The van der Waals surface area contributed by atoms with Gasteiger partial charge in [0.15, 0.2) is 0 Å². The zero-order valence-electron chi connectivity index (χ0n) is 11.7. The first-order chi connectivity index (χ1) is 9.34. The monoisotopic (exact) mass is 288 g/mol. The van der Waals surface area contributed by atoms with Gasteiger partial charge in [0.1, 0.15) is 0 Å². The highest BCUT2D eigenvalue weighted by atomic mass is 32.2. The first-order valence-corrected chi connectivity index (χ1v) is 7.74. The van der Waals surface area contributed by atoms with Gasteiger partial charge in [-0.15, -0.1) is 0 Å². The fourth-order valence-electron chi connectivity index (χ4n) is 2.34. The summed E-state index contributed by atoms with van der Waals surface area (Å²) in [7, 11) is -3.99. The molecule has 0 spiro atoms. The molecule has 2 rings (SSSR count). The second-order valence-corrected chi connectivity index (χ2v) is 6.73. The van der Waals surface area contributed by atoms with Crippen molar-refractivity contribution in [2.75, 3.05) is 0 Å². The molecule has 0 atom stereocenters. The molecule has 0 saturated heterocycles. The lowest BCUT2D eigenvalue weighted by Gasteiger charge is -2.10. The zero-order valence-corrected chi connectivity index (χ0v) is 12.5. The topological polar surface area (TPSA) is 51.2 Å². The summed E-state index contributed by atoms with van der Waals surface area (Å²) in [5.41, 5.74) is 2.66. The van der Waals surface area contributed by atoms with Gasteiger partial charge >= 0.3 is 0 Å². The molecule has 0 heterocycles. The van der Waals surface area contributed by atoms with Crippen LogP contribution in [0.4, 0.5) is 0 Å². The summed E-state index contributed by atoms with van der Waals surface area (Å²) < 4.78 is 24.7. The second kappa shape index (κ2) is 5.21. The molecule has 2 aromatic rings. The molecule has 0 unspecified atom stereocenters. The van der Waals surface area contributed by atoms with Crippen LogP contribution in [0.25, 0.3) is 0 Å². The molecule has 4 heteroatoms. The van der Waals surface area contributed by atoms with E-state index in [1.54, 1.807) is 32.0 Å². The van der Waals surface area contributed by atoms with E-state index in [0.717, 1.165) is 5.56 Å². The third-order valence-corrected chi connectivity index (χ3v) is 4.76. The van der Waals surface area contributed by atoms with Gasteiger partial charge in [-0.3, -0.25) is 4.79 Å². The van der Waals surface area contributed by atoms with Crippen LogP contribution in [-0.4, -0.2) is 13.5 Å². The van der Waals surface area contributed by atoms with Gasteiger partial charge in [0.2, 0.25) is 9.84 Å². The summed E-state index contributed by atoms with van der Waals surface area (Å²) in [4.78, 5) is 12.5. The highest BCUT2D eigenvalue weighted by molar-refractivity contribution is 8.06. The maximum absolute atomic E-state index is 12.4. The Morgan fingerprint density at radius 2 is 1.40 bits per heavy atom. The lowest BCUT2D eigenvalue weighted by molar-refractivity contribution is 0.107. The van der Waals surface area contributed by atoms with Crippen LogP contribution in [0.5, 0.6) is 0 Å². The number of hydrogen-bond acceptors (Lipinski definition) is 3. The summed E-state index contributed by atoms with van der Waals surface area (Å²) in [6, 6.07) is 11.4. The summed E-state index contributed by atoms with van der Waals surface area (Å²) in [5, 5.41) is -0.835. The van der Waals surface area contributed by atoms with Crippen molar-refractivity contribution in [3.05, 3.63) is 64.7 Å². The van der Waals surface area contributed by atoms with E-state index in [2.05, 4.69) is 0 Å². The minimum atomic E-state index is -3.99. The van der Waals surface area contributed by atoms with E-state index < -0.39 is 15.0 Å². The van der Waals surface area contributed by atoms with E-state index in [1.165, 1.54) is 12.1 Å². The number of hydrogen-bond donors (Lipinski definition) is 0. The van der Waals surface area contributed by atoms with E-state index in [4.69, 9.17) is 0 Å². The Balaban J connectivity index is 2.58. The summed E-state index contributed by atoms with van der Waals surface area (Å²) in [6.07, 6.45) is 0. The third kappa shape index (κ3) is 2.51. The van der Waals surface area contributed by atoms with Crippen molar-refractivity contribution in [1.82, 2.24) is 0 Å². The maximum atomic E-state index is 12.4. The lowest BCUT2D eigenvalue weighted by atomic mass is 10.0. The van der Waals surface area contributed by atoms with Crippen molar-refractivity contribution in [2.45, 2.75) is 25.7 Å². The quantitative estimate of drug-likeness (QED) is 0.852. The van der Waals surface area contributed by atoms with E-state index in [9.17, 15) is 13.2 Å². The number of rotatable bonds is 2. The van der Waals surface area contributed by atoms with Gasteiger partial charge in [0.25, 0.3) is 5.12 Å². The number of benzene rings is 2. The Morgan fingerprint density at radius 1 is 0.900 bits per heavy atom. The highest BCUT2D eigenvalue weighted by Gasteiger charge is 2.28. The Hall–Kier alpha value is -1.94. The van der Waals surface area contributed by atoms with Crippen molar-refractivity contribution >= 4 is 15.0 Å². The predicted octanol–water partition coefficient (Wildman–Crippen LogP) is 3.23. The fraction of sp³-hybridized carbons (Fsp3) is 0.188. The minimum Gasteiger partial charge on any atom is -0.276 e. The molecule has 0 aliphatic carbocycles. The zero-order chi connectivity index (χ0) is 14.9. The van der Waals surface area contributed by atoms with Gasteiger partial charge in [0, 0.05) is 5.56 Å². The molecule has 0 N–H and O–H groups in total. The molecule has 0 aliphatic rings. The SMILES string of the molecule is Cc1cc(C)c(C(=O)S(=O)(=O)c2ccccc2)c(C)c1. The van der Waals surface area contributed by atoms with Crippen molar-refractivity contribution < 1.29 is 13.2 Å². The predicted molar refractivity (Wildman–Crippen MR) is 78.6 cm³/mol. The molecule has 0 aromatic heterocycles. The molecule has 0 saturated carbocycles. The van der Waals surface area contributed by atoms with E-state index >= 15 is 0 Å². The first kappa shape index (κ1) is 14.5. The van der Waals surface area contributed by atoms with Crippen LogP contribution < -0.4 is 0 Å². The first-order valence-electron chi connectivity index (χ1n) is 6.26. The number of sulfone groups is 1. The molecule has 0 aliphatic heterocycles. The van der Waals surface area contributed by atoms with E-state index in [0.29, 0.717) is 11.1 Å². The van der Waals surface area contributed by atoms with Crippen LogP contribution in [-0.2, 0) is 9.84 Å². The molecule has 2 aromatic carbocycles. The fourth-order valence-corrected chi connectivity index (χ4v) is 3.66. The van der Waals surface area contributed by atoms with Gasteiger partial charge in [-0.2, -0.15) is 0 Å². The molecular formula is C16H16O3S. The summed E-state index contributed by atoms with van der Waals surface area (Å²) in [5.74, 6) is 0. The molecule has 0 bridgehead atoms. The molecular weight excluding hydrogens is 272 g/mol. The Kier molecular flexibility index (Phi) is 3.77. The summed E-state index contributed by atoms with van der Waals surface area (Å²) in [6.45, 7) is 5.43. The highest BCUT2D eigenvalue weighted by Crippen LogP contribution is 2.22. The van der Waals surface area contributed by atoms with Crippen LogP contribution in [0, 0.1) is 20.8 Å². The van der Waals surface area contributed by atoms with Gasteiger partial charge in [-0.05, 0) is 44.0 Å². The Labute approximate surface area is 119 Å². The van der Waals surface area contributed by atoms with Crippen molar-refractivity contribution in [3.8, 4) is 0 Å². The van der Waals surface area contributed by atoms with Gasteiger partial charge < -0.3 is 0 Å². The molecule has 0 amide bonds. The largest absolute Gasteiger partial charge is 0.281 e. The maximum Gasteiger partial charge on any atom is 0.281 e.